The molecule has 1 aliphatic rings. The highest BCUT2D eigenvalue weighted by Crippen LogP contribution is 2.33. The van der Waals surface area contributed by atoms with Gasteiger partial charge in [0, 0.05) is 24.2 Å². The number of aromatic nitrogens is 4. The number of hydrogen-bond donors (Lipinski definition) is 1. The number of hydrogen-bond acceptors (Lipinski definition) is 4. The van der Waals surface area contributed by atoms with Gasteiger partial charge in [-0.3, -0.25) is 4.68 Å². The standard InChI is InChI=1S/C17H19N5/c1-11-5-3-8-15-16(11)17(19-10-18-15)20-13-6-4-7-14-12(13)9-22(2)21-14/h3,5,8-10,13H,4,6-7H2,1-2H3,(H,18,19,20). The molecule has 0 aliphatic heterocycles. The van der Waals surface area contributed by atoms with Gasteiger partial charge in [0.25, 0.3) is 0 Å². The molecule has 0 saturated carbocycles. The monoisotopic (exact) mass is 293 g/mol. The summed E-state index contributed by atoms with van der Waals surface area (Å²) in [5.41, 5.74) is 4.69. The Labute approximate surface area is 129 Å². The van der Waals surface area contributed by atoms with Crippen LogP contribution in [0.5, 0.6) is 0 Å². The van der Waals surface area contributed by atoms with Crippen LogP contribution in [0.2, 0.25) is 0 Å². The summed E-state index contributed by atoms with van der Waals surface area (Å²) < 4.78 is 1.91. The Hall–Kier alpha value is -2.43. The molecule has 1 N–H and O–H groups in total. The van der Waals surface area contributed by atoms with Crippen molar-refractivity contribution in [3.8, 4) is 0 Å². The molecular weight excluding hydrogens is 274 g/mol. The molecule has 3 aromatic rings. The number of rotatable bonds is 2. The Morgan fingerprint density at radius 1 is 1.27 bits per heavy atom. The van der Waals surface area contributed by atoms with Crippen LogP contribution in [0, 0.1) is 6.92 Å². The summed E-state index contributed by atoms with van der Waals surface area (Å²) in [7, 11) is 1.99. The van der Waals surface area contributed by atoms with E-state index < -0.39 is 0 Å². The summed E-state index contributed by atoms with van der Waals surface area (Å²) >= 11 is 0. The largest absolute Gasteiger partial charge is 0.363 e. The van der Waals surface area contributed by atoms with E-state index in [-0.39, 0.29) is 6.04 Å². The Morgan fingerprint density at radius 3 is 3.09 bits per heavy atom. The van der Waals surface area contributed by atoms with Gasteiger partial charge in [-0.25, -0.2) is 9.97 Å². The van der Waals surface area contributed by atoms with Gasteiger partial charge >= 0.3 is 0 Å². The van der Waals surface area contributed by atoms with E-state index in [1.165, 1.54) is 16.8 Å². The second kappa shape index (κ2) is 5.09. The molecule has 1 aliphatic carbocycles. The van der Waals surface area contributed by atoms with Gasteiger partial charge in [-0.2, -0.15) is 5.10 Å². The first-order valence-electron chi connectivity index (χ1n) is 7.71. The van der Waals surface area contributed by atoms with Crippen molar-refractivity contribution in [3.63, 3.8) is 0 Å². The summed E-state index contributed by atoms with van der Waals surface area (Å²) in [6, 6.07) is 6.45. The predicted octanol–water partition coefficient (Wildman–Crippen LogP) is 3.16. The Balaban J connectivity index is 1.76. The summed E-state index contributed by atoms with van der Waals surface area (Å²) in [6.07, 6.45) is 7.09. The van der Waals surface area contributed by atoms with Gasteiger partial charge in [0.2, 0.25) is 0 Å². The van der Waals surface area contributed by atoms with Crippen LogP contribution in [0.3, 0.4) is 0 Å². The van der Waals surface area contributed by atoms with Gasteiger partial charge < -0.3 is 5.32 Å². The number of aryl methyl sites for hydroxylation is 3. The van der Waals surface area contributed by atoms with Gasteiger partial charge in [0.1, 0.15) is 12.1 Å². The third-order valence-electron chi connectivity index (χ3n) is 4.40. The zero-order valence-corrected chi connectivity index (χ0v) is 12.9. The summed E-state index contributed by atoms with van der Waals surface area (Å²) in [5.74, 6) is 0.921. The average Bonchev–Trinajstić information content (AvgIpc) is 2.89. The lowest BCUT2D eigenvalue weighted by molar-refractivity contribution is 0.592. The SMILES string of the molecule is Cc1cccc2ncnc(NC3CCCc4nn(C)cc43)c12. The lowest BCUT2D eigenvalue weighted by Crippen LogP contribution is -2.17. The minimum absolute atomic E-state index is 0.273. The van der Waals surface area contributed by atoms with E-state index in [2.05, 4.69) is 39.6 Å². The van der Waals surface area contributed by atoms with Crippen molar-refractivity contribution in [2.75, 3.05) is 5.32 Å². The number of benzene rings is 1. The Kier molecular flexibility index (Phi) is 3.06. The van der Waals surface area contributed by atoms with Gasteiger partial charge in [-0.1, -0.05) is 12.1 Å². The highest BCUT2D eigenvalue weighted by atomic mass is 15.3. The van der Waals surface area contributed by atoms with E-state index in [0.29, 0.717) is 0 Å². The lowest BCUT2D eigenvalue weighted by atomic mass is 9.93. The first-order valence-corrected chi connectivity index (χ1v) is 7.71. The maximum atomic E-state index is 4.57. The lowest BCUT2D eigenvalue weighted by Gasteiger charge is -2.24. The van der Waals surface area contributed by atoms with Crippen molar-refractivity contribution < 1.29 is 0 Å². The third kappa shape index (κ3) is 2.13. The van der Waals surface area contributed by atoms with Gasteiger partial charge in [-0.05, 0) is 37.8 Å². The summed E-state index contributed by atoms with van der Waals surface area (Å²) in [5, 5.41) is 9.31. The van der Waals surface area contributed by atoms with Crippen molar-refractivity contribution in [1.82, 2.24) is 19.7 Å². The van der Waals surface area contributed by atoms with E-state index >= 15 is 0 Å². The summed E-state index contributed by atoms with van der Waals surface area (Å²) in [4.78, 5) is 8.87. The molecule has 22 heavy (non-hydrogen) atoms. The minimum atomic E-state index is 0.273. The highest BCUT2D eigenvalue weighted by Gasteiger charge is 2.24. The van der Waals surface area contributed by atoms with Crippen molar-refractivity contribution in [1.29, 1.82) is 0 Å². The fourth-order valence-corrected chi connectivity index (χ4v) is 3.37. The van der Waals surface area contributed by atoms with Crippen LogP contribution >= 0.6 is 0 Å². The van der Waals surface area contributed by atoms with Crippen molar-refractivity contribution >= 4 is 16.7 Å². The topological polar surface area (TPSA) is 55.6 Å². The molecule has 4 rings (SSSR count). The molecule has 1 atom stereocenters. The van der Waals surface area contributed by atoms with Crippen LogP contribution in [0.4, 0.5) is 5.82 Å². The zero-order chi connectivity index (χ0) is 15.1. The van der Waals surface area contributed by atoms with Crippen molar-refractivity contribution in [3.05, 3.63) is 47.5 Å². The van der Waals surface area contributed by atoms with E-state index in [1.807, 2.05) is 23.9 Å². The maximum absolute atomic E-state index is 4.57. The molecule has 0 fully saturated rings. The fourth-order valence-electron chi connectivity index (χ4n) is 3.37. The number of nitrogens with zero attached hydrogens (tertiary/aromatic N) is 4. The predicted molar refractivity (Wildman–Crippen MR) is 86.8 cm³/mol. The molecule has 0 spiro atoms. The highest BCUT2D eigenvalue weighted by molar-refractivity contribution is 5.91. The molecule has 2 aromatic heterocycles. The normalized spacial score (nSPS) is 17.5. The first kappa shape index (κ1) is 13.2. The van der Waals surface area contributed by atoms with E-state index in [4.69, 9.17) is 0 Å². The van der Waals surface area contributed by atoms with Gasteiger partial charge in [0.15, 0.2) is 0 Å². The van der Waals surface area contributed by atoms with Crippen LogP contribution < -0.4 is 5.32 Å². The number of anilines is 1. The molecular formula is C17H19N5. The molecule has 1 aromatic carbocycles. The van der Waals surface area contributed by atoms with Crippen LogP contribution in [0.25, 0.3) is 10.9 Å². The van der Waals surface area contributed by atoms with Crippen LogP contribution in [0.1, 0.15) is 35.7 Å². The van der Waals surface area contributed by atoms with E-state index in [9.17, 15) is 0 Å². The second-order valence-electron chi connectivity index (χ2n) is 5.99. The fraction of sp³-hybridized carbons (Fsp3) is 0.353. The van der Waals surface area contributed by atoms with Crippen LogP contribution in [0.15, 0.2) is 30.7 Å². The molecule has 5 nitrogen and oxygen atoms in total. The zero-order valence-electron chi connectivity index (χ0n) is 12.9. The van der Waals surface area contributed by atoms with Gasteiger partial charge in [0.05, 0.1) is 17.3 Å². The minimum Gasteiger partial charge on any atom is -0.363 e. The Bertz CT molecular complexity index is 831. The quantitative estimate of drug-likeness (QED) is 0.788. The summed E-state index contributed by atoms with van der Waals surface area (Å²) in [6.45, 7) is 2.10. The molecule has 112 valence electrons. The van der Waals surface area contributed by atoms with Crippen LogP contribution in [-0.2, 0) is 13.5 Å². The van der Waals surface area contributed by atoms with Gasteiger partial charge in [-0.15, -0.1) is 0 Å². The van der Waals surface area contributed by atoms with E-state index in [0.717, 1.165) is 36.0 Å². The average molecular weight is 293 g/mol. The maximum Gasteiger partial charge on any atom is 0.138 e. The molecule has 0 saturated heterocycles. The smallest absolute Gasteiger partial charge is 0.138 e. The Morgan fingerprint density at radius 2 is 2.18 bits per heavy atom. The molecule has 1 unspecified atom stereocenters. The number of fused-ring (bicyclic) bond motifs is 2. The van der Waals surface area contributed by atoms with Crippen molar-refractivity contribution in [2.24, 2.45) is 7.05 Å². The van der Waals surface area contributed by atoms with E-state index in [1.54, 1.807) is 6.33 Å². The second-order valence-corrected chi connectivity index (χ2v) is 5.99. The molecule has 0 amide bonds. The number of nitrogens with one attached hydrogen (secondary N) is 1. The third-order valence-corrected chi connectivity index (χ3v) is 4.40. The first-order chi connectivity index (χ1) is 10.7. The molecule has 0 radical (unpaired) electrons. The van der Waals surface area contributed by atoms with Crippen molar-refractivity contribution in [2.45, 2.75) is 32.2 Å². The molecule has 0 bridgehead atoms. The van der Waals surface area contributed by atoms with Crippen LogP contribution in [-0.4, -0.2) is 19.7 Å². The molecule has 5 heteroatoms. The molecule has 2 heterocycles.